The molecule has 0 aromatic heterocycles. The second-order valence-corrected chi connectivity index (χ2v) is 6.18. The van der Waals surface area contributed by atoms with Crippen molar-refractivity contribution in [1.29, 1.82) is 0 Å². The molecule has 0 unspecified atom stereocenters. The minimum Gasteiger partial charge on any atom is -0.494 e. The SMILES string of the molecule is CCOc1ccc(C(=O)N2CCC3(CCNC3)CC2)cc1.Cl. The van der Waals surface area contributed by atoms with E-state index in [1.54, 1.807) is 0 Å². The Morgan fingerprint density at radius 1 is 1.23 bits per heavy atom. The maximum absolute atomic E-state index is 12.5. The molecule has 2 fully saturated rings. The molecule has 2 aliphatic heterocycles. The van der Waals surface area contributed by atoms with Gasteiger partial charge in [-0.25, -0.2) is 0 Å². The Balaban J connectivity index is 0.00000176. The largest absolute Gasteiger partial charge is 0.494 e. The quantitative estimate of drug-likeness (QED) is 0.929. The first-order valence-electron chi connectivity index (χ1n) is 7.95. The number of amides is 1. The summed E-state index contributed by atoms with van der Waals surface area (Å²) in [7, 11) is 0. The van der Waals surface area contributed by atoms with E-state index in [2.05, 4.69) is 5.32 Å². The van der Waals surface area contributed by atoms with Gasteiger partial charge in [-0.3, -0.25) is 4.79 Å². The van der Waals surface area contributed by atoms with Crippen LogP contribution in [0.3, 0.4) is 0 Å². The fraction of sp³-hybridized carbons (Fsp3) is 0.588. The number of hydrogen-bond donors (Lipinski definition) is 1. The third kappa shape index (κ3) is 3.55. The lowest BCUT2D eigenvalue weighted by Gasteiger charge is -2.38. The van der Waals surface area contributed by atoms with Gasteiger partial charge >= 0.3 is 0 Å². The van der Waals surface area contributed by atoms with E-state index in [1.165, 1.54) is 6.42 Å². The van der Waals surface area contributed by atoms with Gasteiger partial charge in [-0.15, -0.1) is 12.4 Å². The number of hydrogen-bond acceptors (Lipinski definition) is 3. The van der Waals surface area contributed by atoms with Gasteiger partial charge < -0.3 is 15.0 Å². The molecule has 2 aliphatic rings. The van der Waals surface area contributed by atoms with Crippen molar-refractivity contribution < 1.29 is 9.53 Å². The molecule has 0 radical (unpaired) electrons. The third-order valence-corrected chi connectivity index (χ3v) is 4.86. The monoisotopic (exact) mass is 324 g/mol. The van der Waals surface area contributed by atoms with Gasteiger partial charge in [-0.1, -0.05) is 0 Å². The summed E-state index contributed by atoms with van der Waals surface area (Å²) in [5.74, 6) is 0.975. The summed E-state index contributed by atoms with van der Waals surface area (Å²) >= 11 is 0. The van der Waals surface area contributed by atoms with E-state index in [0.717, 1.165) is 50.3 Å². The van der Waals surface area contributed by atoms with Crippen LogP contribution < -0.4 is 10.1 Å². The number of likely N-dealkylation sites (tertiary alicyclic amines) is 1. The number of benzene rings is 1. The molecule has 0 saturated carbocycles. The van der Waals surface area contributed by atoms with Crippen molar-refractivity contribution in [1.82, 2.24) is 10.2 Å². The lowest BCUT2D eigenvalue weighted by Crippen LogP contribution is -2.44. The van der Waals surface area contributed by atoms with Gasteiger partial charge in [0.1, 0.15) is 5.75 Å². The van der Waals surface area contributed by atoms with Crippen LogP contribution in [0.4, 0.5) is 0 Å². The van der Waals surface area contributed by atoms with Crippen molar-refractivity contribution in [3.8, 4) is 5.75 Å². The smallest absolute Gasteiger partial charge is 0.253 e. The maximum Gasteiger partial charge on any atom is 0.253 e. The average Bonchev–Trinajstić information content (AvgIpc) is 2.97. The van der Waals surface area contributed by atoms with Crippen LogP contribution in [0.1, 0.15) is 36.5 Å². The predicted molar refractivity (Wildman–Crippen MR) is 89.9 cm³/mol. The van der Waals surface area contributed by atoms with Crippen molar-refractivity contribution in [3.63, 3.8) is 0 Å². The molecule has 122 valence electrons. The topological polar surface area (TPSA) is 41.6 Å². The zero-order chi connectivity index (χ0) is 14.7. The summed E-state index contributed by atoms with van der Waals surface area (Å²) in [4.78, 5) is 14.5. The van der Waals surface area contributed by atoms with Crippen LogP contribution in [0.25, 0.3) is 0 Å². The van der Waals surface area contributed by atoms with Gasteiger partial charge in [-0.2, -0.15) is 0 Å². The van der Waals surface area contributed by atoms with Crippen LogP contribution >= 0.6 is 12.4 Å². The molecule has 4 nitrogen and oxygen atoms in total. The highest BCUT2D eigenvalue weighted by Crippen LogP contribution is 2.37. The van der Waals surface area contributed by atoms with Gasteiger partial charge in [0, 0.05) is 25.2 Å². The minimum atomic E-state index is 0. The van der Waals surface area contributed by atoms with Gasteiger partial charge in [0.05, 0.1) is 6.61 Å². The van der Waals surface area contributed by atoms with E-state index in [4.69, 9.17) is 4.74 Å². The van der Waals surface area contributed by atoms with E-state index in [0.29, 0.717) is 12.0 Å². The first-order valence-corrected chi connectivity index (χ1v) is 7.95. The fourth-order valence-electron chi connectivity index (χ4n) is 3.45. The molecule has 22 heavy (non-hydrogen) atoms. The predicted octanol–water partition coefficient (Wildman–Crippen LogP) is 2.72. The molecule has 1 N–H and O–H groups in total. The average molecular weight is 325 g/mol. The molecule has 1 spiro atoms. The number of piperidine rings is 1. The Morgan fingerprint density at radius 2 is 1.91 bits per heavy atom. The summed E-state index contributed by atoms with van der Waals surface area (Å²) in [5, 5.41) is 3.46. The molecule has 1 amide bonds. The first-order chi connectivity index (χ1) is 10.2. The summed E-state index contributed by atoms with van der Waals surface area (Å²) in [6.07, 6.45) is 3.52. The lowest BCUT2D eigenvalue weighted by atomic mass is 9.78. The number of carbonyl (C=O) groups is 1. The Kier molecular flexibility index (Phi) is 5.70. The van der Waals surface area contributed by atoms with E-state index < -0.39 is 0 Å². The highest BCUT2D eigenvalue weighted by atomic mass is 35.5. The van der Waals surface area contributed by atoms with Crippen molar-refractivity contribution in [2.75, 3.05) is 32.8 Å². The van der Waals surface area contributed by atoms with Gasteiger partial charge in [0.25, 0.3) is 5.91 Å². The van der Waals surface area contributed by atoms with Crippen molar-refractivity contribution in [2.24, 2.45) is 5.41 Å². The first kappa shape index (κ1) is 17.1. The third-order valence-electron chi connectivity index (χ3n) is 4.86. The molecule has 0 bridgehead atoms. The van der Waals surface area contributed by atoms with Crippen molar-refractivity contribution in [2.45, 2.75) is 26.2 Å². The van der Waals surface area contributed by atoms with Gasteiger partial charge in [0.2, 0.25) is 0 Å². The van der Waals surface area contributed by atoms with Crippen LogP contribution in [0.15, 0.2) is 24.3 Å². The highest BCUT2D eigenvalue weighted by molar-refractivity contribution is 5.94. The summed E-state index contributed by atoms with van der Waals surface area (Å²) < 4.78 is 5.42. The minimum absolute atomic E-state index is 0. The Labute approximate surface area is 138 Å². The van der Waals surface area contributed by atoms with Gasteiger partial charge in [-0.05, 0) is 62.4 Å². The number of nitrogens with zero attached hydrogens (tertiary/aromatic N) is 1. The van der Waals surface area contributed by atoms with Gasteiger partial charge in [0.15, 0.2) is 0 Å². The van der Waals surface area contributed by atoms with E-state index in [1.807, 2.05) is 36.1 Å². The molecular weight excluding hydrogens is 300 g/mol. The molecule has 0 atom stereocenters. The molecular formula is C17H25ClN2O2. The van der Waals surface area contributed by atoms with E-state index in [9.17, 15) is 4.79 Å². The summed E-state index contributed by atoms with van der Waals surface area (Å²) in [6.45, 7) is 6.63. The summed E-state index contributed by atoms with van der Waals surface area (Å²) in [5.41, 5.74) is 1.22. The fourth-order valence-corrected chi connectivity index (χ4v) is 3.45. The van der Waals surface area contributed by atoms with Crippen LogP contribution in [0.5, 0.6) is 5.75 Å². The Morgan fingerprint density at radius 3 is 2.45 bits per heavy atom. The maximum atomic E-state index is 12.5. The number of carbonyl (C=O) groups excluding carboxylic acids is 1. The van der Waals surface area contributed by atoms with E-state index in [-0.39, 0.29) is 18.3 Å². The summed E-state index contributed by atoms with van der Waals surface area (Å²) in [6, 6.07) is 7.50. The molecule has 5 heteroatoms. The van der Waals surface area contributed by atoms with Crippen LogP contribution in [0, 0.1) is 5.41 Å². The zero-order valence-corrected chi connectivity index (χ0v) is 14.0. The number of ether oxygens (including phenoxy) is 1. The number of nitrogens with one attached hydrogen (secondary N) is 1. The van der Waals surface area contributed by atoms with E-state index >= 15 is 0 Å². The van der Waals surface area contributed by atoms with Crippen LogP contribution in [-0.2, 0) is 0 Å². The Bertz CT molecular complexity index is 488. The van der Waals surface area contributed by atoms with Crippen molar-refractivity contribution >= 4 is 18.3 Å². The molecule has 2 saturated heterocycles. The second-order valence-electron chi connectivity index (χ2n) is 6.18. The van der Waals surface area contributed by atoms with Crippen molar-refractivity contribution in [3.05, 3.63) is 29.8 Å². The second kappa shape index (κ2) is 7.34. The Hall–Kier alpha value is -1.26. The number of rotatable bonds is 3. The standard InChI is InChI=1S/C17H24N2O2.ClH/c1-2-21-15-5-3-14(4-6-15)16(20)19-11-8-17(9-12-19)7-10-18-13-17;/h3-6,18H,2,7-13H2,1H3;1H. The molecule has 3 rings (SSSR count). The normalized spacial score (nSPS) is 19.8. The number of halogens is 1. The van der Waals surface area contributed by atoms with Crippen LogP contribution in [-0.4, -0.2) is 43.6 Å². The molecule has 2 heterocycles. The molecule has 0 aliphatic carbocycles. The molecule has 1 aromatic carbocycles. The zero-order valence-electron chi connectivity index (χ0n) is 13.1. The molecule has 1 aromatic rings. The lowest BCUT2D eigenvalue weighted by molar-refractivity contribution is 0.0607. The highest BCUT2D eigenvalue weighted by Gasteiger charge is 2.38. The van der Waals surface area contributed by atoms with Crippen LogP contribution in [0.2, 0.25) is 0 Å².